The quantitative estimate of drug-likeness (QED) is 0.825. The van der Waals surface area contributed by atoms with Crippen molar-refractivity contribution in [1.82, 2.24) is 9.78 Å². The standard InChI is InChI=1S/C12H15N3/c1-2-15-9-11(8-14-15)12-6-4-3-5-10(12)7-13/h3-6,8-9H,2,7,13H2,1H3. The van der Waals surface area contributed by atoms with Crippen molar-refractivity contribution in [3.63, 3.8) is 0 Å². The minimum atomic E-state index is 0.563. The topological polar surface area (TPSA) is 43.8 Å². The molecule has 0 atom stereocenters. The van der Waals surface area contributed by atoms with Gasteiger partial charge in [-0.05, 0) is 18.1 Å². The average molecular weight is 201 g/mol. The van der Waals surface area contributed by atoms with Crippen molar-refractivity contribution in [1.29, 1.82) is 0 Å². The van der Waals surface area contributed by atoms with Gasteiger partial charge in [-0.2, -0.15) is 5.10 Å². The van der Waals surface area contributed by atoms with Crippen molar-refractivity contribution < 1.29 is 0 Å². The Hall–Kier alpha value is -1.61. The third-order valence-corrected chi connectivity index (χ3v) is 2.51. The summed E-state index contributed by atoms with van der Waals surface area (Å²) in [6, 6.07) is 8.17. The van der Waals surface area contributed by atoms with Crippen LogP contribution in [0.2, 0.25) is 0 Å². The summed E-state index contributed by atoms with van der Waals surface area (Å²) in [6.45, 7) is 3.53. The lowest BCUT2D eigenvalue weighted by Crippen LogP contribution is -1.98. The number of nitrogens with two attached hydrogens (primary N) is 1. The first-order valence-electron chi connectivity index (χ1n) is 5.16. The Morgan fingerprint density at radius 2 is 2.13 bits per heavy atom. The Bertz CT molecular complexity index is 446. The molecule has 1 heterocycles. The summed E-state index contributed by atoms with van der Waals surface area (Å²) in [5.74, 6) is 0. The van der Waals surface area contributed by atoms with E-state index in [2.05, 4.69) is 30.4 Å². The Labute approximate surface area is 89.5 Å². The molecule has 0 bridgehead atoms. The molecule has 78 valence electrons. The minimum absolute atomic E-state index is 0.563. The SMILES string of the molecule is CCn1cc(-c2ccccc2CN)cn1. The lowest BCUT2D eigenvalue weighted by Gasteiger charge is -2.04. The van der Waals surface area contributed by atoms with Crippen molar-refractivity contribution >= 4 is 0 Å². The Morgan fingerprint density at radius 3 is 2.80 bits per heavy atom. The van der Waals surface area contributed by atoms with Crippen LogP contribution in [0, 0.1) is 0 Å². The van der Waals surface area contributed by atoms with Crippen molar-refractivity contribution in [2.75, 3.05) is 0 Å². The van der Waals surface area contributed by atoms with E-state index in [1.165, 1.54) is 5.56 Å². The Balaban J connectivity index is 2.44. The van der Waals surface area contributed by atoms with Crippen molar-refractivity contribution in [3.8, 4) is 11.1 Å². The largest absolute Gasteiger partial charge is 0.326 e. The van der Waals surface area contributed by atoms with Crippen LogP contribution in [0.3, 0.4) is 0 Å². The van der Waals surface area contributed by atoms with Crippen LogP contribution in [-0.2, 0) is 13.1 Å². The maximum atomic E-state index is 5.70. The number of aromatic nitrogens is 2. The van der Waals surface area contributed by atoms with Gasteiger partial charge in [-0.1, -0.05) is 24.3 Å². The molecule has 0 radical (unpaired) electrons. The van der Waals surface area contributed by atoms with Gasteiger partial charge in [0.25, 0.3) is 0 Å². The zero-order valence-electron chi connectivity index (χ0n) is 8.85. The highest BCUT2D eigenvalue weighted by atomic mass is 15.3. The summed E-state index contributed by atoms with van der Waals surface area (Å²) >= 11 is 0. The molecule has 0 aliphatic rings. The van der Waals surface area contributed by atoms with Crippen LogP contribution in [0.25, 0.3) is 11.1 Å². The molecule has 15 heavy (non-hydrogen) atoms. The monoisotopic (exact) mass is 201 g/mol. The average Bonchev–Trinajstić information content (AvgIpc) is 2.77. The molecule has 0 aliphatic carbocycles. The molecular weight excluding hydrogens is 186 g/mol. The van der Waals surface area contributed by atoms with Gasteiger partial charge >= 0.3 is 0 Å². The first-order valence-corrected chi connectivity index (χ1v) is 5.16. The number of nitrogens with zero attached hydrogens (tertiary/aromatic N) is 2. The van der Waals surface area contributed by atoms with Crippen LogP contribution < -0.4 is 5.73 Å². The van der Waals surface area contributed by atoms with E-state index in [1.807, 2.05) is 23.0 Å². The third kappa shape index (κ3) is 1.92. The van der Waals surface area contributed by atoms with Crippen LogP contribution in [0.5, 0.6) is 0 Å². The molecule has 3 nitrogen and oxygen atoms in total. The summed E-state index contributed by atoms with van der Waals surface area (Å²) in [7, 11) is 0. The summed E-state index contributed by atoms with van der Waals surface area (Å²) in [5, 5.41) is 4.26. The zero-order chi connectivity index (χ0) is 10.7. The van der Waals surface area contributed by atoms with Gasteiger partial charge in [-0.3, -0.25) is 4.68 Å². The molecule has 0 fully saturated rings. The first kappa shape index (κ1) is 9.93. The highest BCUT2D eigenvalue weighted by Gasteiger charge is 2.04. The molecule has 2 rings (SSSR count). The lowest BCUT2D eigenvalue weighted by molar-refractivity contribution is 0.660. The predicted molar refractivity (Wildman–Crippen MR) is 61.2 cm³/mol. The van der Waals surface area contributed by atoms with Crippen molar-refractivity contribution in [3.05, 3.63) is 42.2 Å². The smallest absolute Gasteiger partial charge is 0.0568 e. The predicted octanol–water partition coefficient (Wildman–Crippen LogP) is 2.03. The summed E-state index contributed by atoms with van der Waals surface area (Å²) in [5.41, 5.74) is 9.18. The fourth-order valence-corrected chi connectivity index (χ4v) is 1.66. The fourth-order valence-electron chi connectivity index (χ4n) is 1.66. The second-order valence-electron chi connectivity index (χ2n) is 3.45. The van der Waals surface area contributed by atoms with E-state index in [0.29, 0.717) is 6.54 Å². The second kappa shape index (κ2) is 4.28. The summed E-state index contributed by atoms with van der Waals surface area (Å²) < 4.78 is 1.92. The lowest BCUT2D eigenvalue weighted by atomic mass is 10.0. The van der Waals surface area contributed by atoms with Gasteiger partial charge in [-0.25, -0.2) is 0 Å². The van der Waals surface area contributed by atoms with Crippen LogP contribution in [0.1, 0.15) is 12.5 Å². The number of aryl methyl sites for hydroxylation is 1. The molecule has 0 unspecified atom stereocenters. The number of rotatable bonds is 3. The molecule has 0 amide bonds. The summed E-state index contributed by atoms with van der Waals surface area (Å²) in [4.78, 5) is 0. The molecule has 1 aromatic heterocycles. The third-order valence-electron chi connectivity index (χ3n) is 2.51. The zero-order valence-corrected chi connectivity index (χ0v) is 8.85. The van der Waals surface area contributed by atoms with Gasteiger partial charge in [0.1, 0.15) is 0 Å². The van der Waals surface area contributed by atoms with Crippen molar-refractivity contribution in [2.45, 2.75) is 20.0 Å². The summed E-state index contributed by atoms with van der Waals surface area (Å²) in [6.07, 6.45) is 3.94. The number of benzene rings is 1. The van der Waals surface area contributed by atoms with E-state index in [9.17, 15) is 0 Å². The van der Waals surface area contributed by atoms with E-state index in [-0.39, 0.29) is 0 Å². The second-order valence-corrected chi connectivity index (χ2v) is 3.45. The van der Waals surface area contributed by atoms with Gasteiger partial charge in [-0.15, -0.1) is 0 Å². The van der Waals surface area contributed by atoms with Crippen molar-refractivity contribution in [2.24, 2.45) is 5.73 Å². The van der Waals surface area contributed by atoms with Gasteiger partial charge in [0.15, 0.2) is 0 Å². The van der Waals surface area contributed by atoms with Gasteiger partial charge in [0.2, 0.25) is 0 Å². The normalized spacial score (nSPS) is 10.5. The molecule has 0 aliphatic heterocycles. The minimum Gasteiger partial charge on any atom is -0.326 e. The molecular formula is C12H15N3. The van der Waals surface area contributed by atoms with Crippen LogP contribution in [0.15, 0.2) is 36.7 Å². The van der Waals surface area contributed by atoms with E-state index in [0.717, 1.165) is 17.7 Å². The highest BCUT2D eigenvalue weighted by molar-refractivity contribution is 5.65. The highest BCUT2D eigenvalue weighted by Crippen LogP contribution is 2.22. The Kier molecular flexibility index (Phi) is 2.83. The fraction of sp³-hybridized carbons (Fsp3) is 0.250. The van der Waals surface area contributed by atoms with Crippen LogP contribution in [-0.4, -0.2) is 9.78 Å². The maximum Gasteiger partial charge on any atom is 0.0568 e. The molecule has 1 aromatic carbocycles. The Morgan fingerprint density at radius 1 is 1.33 bits per heavy atom. The molecule has 0 saturated carbocycles. The van der Waals surface area contributed by atoms with E-state index < -0.39 is 0 Å². The molecule has 2 N–H and O–H groups in total. The maximum absolute atomic E-state index is 5.70. The molecule has 0 saturated heterocycles. The van der Waals surface area contributed by atoms with E-state index in [1.54, 1.807) is 0 Å². The van der Waals surface area contributed by atoms with Crippen LogP contribution >= 0.6 is 0 Å². The number of hydrogen-bond donors (Lipinski definition) is 1. The van der Waals surface area contributed by atoms with E-state index in [4.69, 9.17) is 5.73 Å². The first-order chi connectivity index (χ1) is 7.35. The van der Waals surface area contributed by atoms with Gasteiger partial charge in [0, 0.05) is 24.8 Å². The molecule has 2 aromatic rings. The molecule has 0 spiro atoms. The van der Waals surface area contributed by atoms with Gasteiger partial charge in [0.05, 0.1) is 6.20 Å². The van der Waals surface area contributed by atoms with Crippen LogP contribution in [0.4, 0.5) is 0 Å². The molecule has 3 heteroatoms. The number of hydrogen-bond acceptors (Lipinski definition) is 2. The van der Waals surface area contributed by atoms with E-state index >= 15 is 0 Å². The van der Waals surface area contributed by atoms with Gasteiger partial charge < -0.3 is 5.73 Å².